The molecule has 1 atom stereocenters. The van der Waals surface area contributed by atoms with Crippen LogP contribution in [-0.4, -0.2) is 37.8 Å². The third-order valence-electron chi connectivity index (χ3n) is 5.40. The summed E-state index contributed by atoms with van der Waals surface area (Å²) in [6.07, 6.45) is 5.06. The summed E-state index contributed by atoms with van der Waals surface area (Å²) in [5.41, 5.74) is 3.96. The third kappa shape index (κ3) is 2.90. The van der Waals surface area contributed by atoms with E-state index in [0.717, 1.165) is 27.4 Å². The smallest absolute Gasteiger partial charge is 0.170 e. The number of anilines is 1. The molecular formula is C21H23N5OS. The number of carbonyl (C=O) groups excluding carboxylic acids is 1. The second-order valence-electron chi connectivity index (χ2n) is 7.58. The van der Waals surface area contributed by atoms with E-state index in [2.05, 4.69) is 45.9 Å². The lowest BCUT2D eigenvalue weighted by molar-refractivity contribution is -0.113. The molecule has 1 unspecified atom stereocenters. The first-order valence-electron chi connectivity index (χ1n) is 9.19. The lowest BCUT2D eigenvalue weighted by Crippen LogP contribution is -2.25. The summed E-state index contributed by atoms with van der Waals surface area (Å²) < 4.78 is 1.71. The van der Waals surface area contributed by atoms with Crippen LogP contribution in [0.1, 0.15) is 26.3 Å². The average Bonchev–Trinajstić information content (AvgIpc) is 3.14. The van der Waals surface area contributed by atoms with E-state index in [9.17, 15) is 4.79 Å². The molecule has 0 radical (unpaired) electrons. The predicted octanol–water partition coefficient (Wildman–Crippen LogP) is 3.72. The number of aromatic nitrogens is 4. The molecule has 0 fully saturated rings. The van der Waals surface area contributed by atoms with Crippen LogP contribution in [-0.2, 0) is 17.3 Å². The Labute approximate surface area is 168 Å². The Bertz CT molecular complexity index is 1100. The van der Waals surface area contributed by atoms with Crippen LogP contribution in [0.3, 0.4) is 0 Å². The number of carbonyl (C=O) groups is 1. The van der Waals surface area contributed by atoms with Crippen molar-refractivity contribution in [3.8, 4) is 0 Å². The minimum absolute atomic E-state index is 0.0726. The van der Waals surface area contributed by atoms with E-state index in [1.165, 1.54) is 23.7 Å². The number of aryl methyl sites for hydroxylation is 1. The van der Waals surface area contributed by atoms with E-state index in [1.54, 1.807) is 17.0 Å². The fraction of sp³-hybridized carbons (Fsp3) is 0.333. The van der Waals surface area contributed by atoms with Crippen LogP contribution in [0.25, 0.3) is 11.0 Å². The number of allylic oxidation sites excluding steroid dienone is 2. The quantitative estimate of drug-likeness (QED) is 0.382. The van der Waals surface area contributed by atoms with E-state index in [0.29, 0.717) is 0 Å². The monoisotopic (exact) mass is 393 g/mol. The minimum atomic E-state index is -0.265. The molecule has 1 aliphatic rings. The van der Waals surface area contributed by atoms with Crippen LogP contribution in [0, 0.1) is 0 Å². The maximum atomic E-state index is 13.0. The molecule has 0 saturated heterocycles. The van der Waals surface area contributed by atoms with Gasteiger partial charge in [0.1, 0.15) is 11.4 Å². The Morgan fingerprint density at radius 1 is 1.21 bits per heavy atom. The average molecular weight is 394 g/mol. The summed E-state index contributed by atoms with van der Waals surface area (Å²) in [5.74, 6) is 0.0726. The summed E-state index contributed by atoms with van der Waals surface area (Å²) in [6.45, 7) is 6.25. The van der Waals surface area contributed by atoms with E-state index in [-0.39, 0.29) is 16.4 Å². The van der Waals surface area contributed by atoms with Gasteiger partial charge in [-0.2, -0.15) is 5.10 Å². The highest BCUT2D eigenvalue weighted by molar-refractivity contribution is 8.00. The van der Waals surface area contributed by atoms with E-state index in [4.69, 9.17) is 0 Å². The summed E-state index contributed by atoms with van der Waals surface area (Å²) in [5, 5.41) is 5.62. The maximum absolute atomic E-state index is 13.0. The van der Waals surface area contributed by atoms with Gasteiger partial charge in [-0.3, -0.25) is 9.48 Å². The lowest BCUT2D eigenvalue weighted by Gasteiger charge is -2.24. The van der Waals surface area contributed by atoms with Gasteiger partial charge in [-0.25, -0.2) is 9.97 Å². The fourth-order valence-electron chi connectivity index (χ4n) is 3.77. The number of benzene rings is 1. The number of hydrogen-bond acceptors (Lipinski definition) is 6. The van der Waals surface area contributed by atoms with E-state index in [1.807, 2.05) is 33.2 Å². The molecule has 3 aromatic rings. The Hall–Kier alpha value is -2.67. The van der Waals surface area contributed by atoms with Crippen molar-refractivity contribution in [3.63, 3.8) is 0 Å². The molecule has 0 amide bonds. The summed E-state index contributed by atoms with van der Waals surface area (Å²) >= 11 is 1.45. The van der Waals surface area contributed by atoms with Crippen molar-refractivity contribution in [2.75, 3.05) is 11.9 Å². The summed E-state index contributed by atoms with van der Waals surface area (Å²) in [4.78, 5) is 23.8. The molecule has 0 N–H and O–H groups in total. The molecule has 7 heteroatoms. The van der Waals surface area contributed by atoms with Gasteiger partial charge in [0, 0.05) is 37.0 Å². The van der Waals surface area contributed by atoms with E-state index >= 15 is 0 Å². The van der Waals surface area contributed by atoms with Gasteiger partial charge >= 0.3 is 0 Å². The van der Waals surface area contributed by atoms with Crippen LogP contribution in [0.15, 0.2) is 53.6 Å². The number of hydrogen-bond donors (Lipinski definition) is 0. The molecule has 3 heterocycles. The van der Waals surface area contributed by atoms with Gasteiger partial charge in [0.15, 0.2) is 11.4 Å². The number of para-hydroxylation sites is 1. The number of rotatable bonds is 4. The van der Waals surface area contributed by atoms with Crippen molar-refractivity contribution >= 4 is 34.3 Å². The highest BCUT2D eigenvalue weighted by atomic mass is 32.2. The number of nitrogens with zero attached hydrogens (tertiary/aromatic N) is 5. The summed E-state index contributed by atoms with van der Waals surface area (Å²) in [7, 11) is 3.87. The molecule has 1 aromatic carbocycles. The molecule has 144 valence electrons. The SMILES string of the molecule is CC(Sc1ncnc2c1cnn2C)C(=O)C=C1N(C)c2ccccc2C1(C)C. The van der Waals surface area contributed by atoms with Gasteiger partial charge < -0.3 is 4.90 Å². The van der Waals surface area contributed by atoms with Gasteiger partial charge in [-0.15, -0.1) is 0 Å². The number of ketones is 1. The predicted molar refractivity (Wildman–Crippen MR) is 113 cm³/mol. The Morgan fingerprint density at radius 2 is 1.96 bits per heavy atom. The standard InChI is InChI=1S/C21H23N5OS/c1-13(28-20-14-11-24-26(5)19(14)22-12-23-20)17(27)10-18-21(2,3)15-8-6-7-9-16(15)25(18)4/h6-13H,1-5H3. The van der Waals surface area contributed by atoms with Gasteiger partial charge in [-0.1, -0.05) is 43.8 Å². The molecule has 6 nitrogen and oxygen atoms in total. The third-order valence-corrected chi connectivity index (χ3v) is 6.54. The minimum Gasteiger partial charge on any atom is -0.347 e. The molecule has 1 aliphatic heterocycles. The van der Waals surface area contributed by atoms with Crippen LogP contribution in [0.5, 0.6) is 0 Å². The van der Waals surface area contributed by atoms with E-state index < -0.39 is 0 Å². The Morgan fingerprint density at radius 3 is 2.71 bits per heavy atom. The van der Waals surface area contributed by atoms with Crippen molar-refractivity contribution in [2.45, 2.75) is 36.5 Å². The normalized spacial score (nSPS) is 17.9. The molecular weight excluding hydrogens is 370 g/mol. The Balaban J connectivity index is 1.61. The first-order chi connectivity index (χ1) is 13.3. The first kappa shape index (κ1) is 18.7. The van der Waals surface area contributed by atoms with Crippen molar-refractivity contribution < 1.29 is 4.79 Å². The van der Waals surface area contributed by atoms with Crippen molar-refractivity contribution in [2.24, 2.45) is 7.05 Å². The Kier molecular flexibility index (Phi) is 4.50. The maximum Gasteiger partial charge on any atom is 0.170 e. The van der Waals surface area contributed by atoms with Crippen LogP contribution in [0.2, 0.25) is 0 Å². The molecule has 0 spiro atoms. The highest BCUT2D eigenvalue weighted by Crippen LogP contribution is 2.46. The second kappa shape index (κ2) is 6.74. The number of likely N-dealkylation sites (N-methyl/N-ethyl adjacent to an activating group) is 1. The van der Waals surface area contributed by atoms with Gasteiger partial charge in [0.05, 0.1) is 16.8 Å². The van der Waals surface area contributed by atoms with Crippen molar-refractivity contribution in [3.05, 3.63) is 54.1 Å². The molecule has 2 aromatic heterocycles. The second-order valence-corrected chi connectivity index (χ2v) is 8.91. The molecule has 28 heavy (non-hydrogen) atoms. The molecule has 4 rings (SSSR count). The number of thioether (sulfide) groups is 1. The molecule has 0 aliphatic carbocycles. The summed E-state index contributed by atoms with van der Waals surface area (Å²) in [6, 6.07) is 8.31. The lowest BCUT2D eigenvalue weighted by atomic mass is 9.83. The van der Waals surface area contributed by atoms with Gasteiger partial charge in [0.2, 0.25) is 0 Å². The highest BCUT2D eigenvalue weighted by Gasteiger charge is 2.38. The van der Waals surface area contributed by atoms with Crippen molar-refractivity contribution in [1.29, 1.82) is 0 Å². The van der Waals surface area contributed by atoms with Crippen molar-refractivity contribution in [1.82, 2.24) is 19.7 Å². The zero-order valence-electron chi connectivity index (χ0n) is 16.7. The fourth-order valence-corrected chi connectivity index (χ4v) is 4.67. The zero-order valence-corrected chi connectivity index (χ0v) is 17.5. The zero-order chi connectivity index (χ0) is 20.1. The van der Waals surface area contributed by atoms with Gasteiger partial charge in [-0.05, 0) is 18.6 Å². The van der Waals surface area contributed by atoms with Crippen LogP contribution >= 0.6 is 11.8 Å². The van der Waals surface area contributed by atoms with Gasteiger partial charge in [0.25, 0.3) is 0 Å². The number of fused-ring (bicyclic) bond motifs is 2. The van der Waals surface area contributed by atoms with Crippen LogP contribution < -0.4 is 4.90 Å². The van der Waals surface area contributed by atoms with Crippen LogP contribution in [0.4, 0.5) is 5.69 Å². The largest absolute Gasteiger partial charge is 0.347 e. The topological polar surface area (TPSA) is 63.9 Å². The molecule has 0 saturated carbocycles. The first-order valence-corrected chi connectivity index (χ1v) is 10.1. The molecule has 0 bridgehead atoms.